The highest BCUT2D eigenvalue weighted by Gasteiger charge is 2.62. The van der Waals surface area contributed by atoms with Crippen LogP contribution >= 0.6 is 0 Å². The summed E-state index contributed by atoms with van der Waals surface area (Å²) in [6, 6.07) is 11.2. The van der Waals surface area contributed by atoms with E-state index in [0.29, 0.717) is 60.6 Å². The number of benzene rings is 2. The number of alkyl carbamates (subject to hydrolysis) is 1. The molecule has 0 bridgehead atoms. The number of hydrogen-bond acceptors (Lipinski definition) is 11. The van der Waals surface area contributed by atoms with E-state index in [1.165, 1.54) is 4.90 Å². The summed E-state index contributed by atoms with van der Waals surface area (Å²) < 4.78 is 48.1. The van der Waals surface area contributed by atoms with Gasteiger partial charge in [-0.3, -0.25) is 19.1 Å². The zero-order valence-electron chi connectivity index (χ0n) is 35.9. The number of rotatable bonds is 9. The molecule has 2 aromatic heterocycles. The lowest BCUT2D eigenvalue weighted by molar-refractivity contribution is -0.141. The van der Waals surface area contributed by atoms with Gasteiger partial charge in [0.25, 0.3) is 5.91 Å². The molecule has 2 aliphatic heterocycles. The van der Waals surface area contributed by atoms with Crippen LogP contribution in [0, 0.1) is 19.8 Å². The number of ether oxygens (including phenoxy) is 3. The van der Waals surface area contributed by atoms with Gasteiger partial charge in [0.1, 0.15) is 35.6 Å². The van der Waals surface area contributed by atoms with Crippen molar-refractivity contribution in [3.05, 3.63) is 65.7 Å². The predicted octanol–water partition coefficient (Wildman–Crippen LogP) is 5.56. The summed E-state index contributed by atoms with van der Waals surface area (Å²) in [5.74, 6) is -1.31. The first-order valence-electron chi connectivity index (χ1n) is 22.3. The molecule has 3 saturated carbocycles. The first-order valence-corrected chi connectivity index (χ1v) is 23.8. The van der Waals surface area contributed by atoms with Crippen LogP contribution in [0.2, 0.25) is 0 Å². The molecule has 2 aromatic carbocycles. The molecule has 4 fully saturated rings. The van der Waals surface area contributed by atoms with Gasteiger partial charge in [-0.2, -0.15) is 9.61 Å². The Bertz CT molecular complexity index is 2600. The number of hydrogen-bond donors (Lipinski definition) is 3. The molecule has 17 heteroatoms. The van der Waals surface area contributed by atoms with Crippen molar-refractivity contribution in [3.8, 4) is 22.9 Å². The summed E-state index contributed by atoms with van der Waals surface area (Å²) in [5.41, 5.74) is 3.11. The summed E-state index contributed by atoms with van der Waals surface area (Å²) in [5, 5.41) is 10.8. The van der Waals surface area contributed by atoms with Crippen molar-refractivity contribution >= 4 is 50.4 Å². The smallest absolute Gasteiger partial charge is 0.408 e. The molecule has 4 aromatic rings. The van der Waals surface area contributed by atoms with Crippen LogP contribution in [0.4, 0.5) is 4.79 Å². The van der Waals surface area contributed by atoms with Crippen LogP contribution in [0.1, 0.15) is 94.6 Å². The van der Waals surface area contributed by atoms with Crippen molar-refractivity contribution in [2.45, 2.75) is 132 Å². The Hall–Kier alpha value is -5.71. The van der Waals surface area contributed by atoms with Crippen molar-refractivity contribution < 1.29 is 41.8 Å². The standard InChI is InChI=1S/C46H55N7O9S/c1-27-21-29(22-39(60-3)28(27)2)37-24-40(53-41(47-37)34-16-11-12-17-35(34)50-53)61-32-23-38-42(54)49-46(44(56)51-63(58,59)33-19-20-33)25-30(46)13-7-5-4-6-8-18-36(43(55)52(38)26-32)48-45(57)62-31-14-9-10-15-31/h7,11-13,16-17,21-22,24,30-33,36,38H,4-6,8-10,14-15,18-20,23,25-26H2,1-3H3,(H,48,57)(H,49,54)(H,51,56)/b13-7-/t30-,32+,36-,38-,46+/m0/s1. The second kappa shape index (κ2) is 17.1. The molecule has 16 nitrogen and oxygen atoms in total. The van der Waals surface area contributed by atoms with Gasteiger partial charge in [0, 0.05) is 29.4 Å². The molecule has 334 valence electrons. The van der Waals surface area contributed by atoms with Crippen molar-refractivity contribution in [2.75, 3.05) is 13.7 Å². The van der Waals surface area contributed by atoms with Crippen LogP contribution in [0.15, 0.2) is 54.6 Å². The summed E-state index contributed by atoms with van der Waals surface area (Å²) in [6.45, 7) is 3.96. The van der Waals surface area contributed by atoms with E-state index in [0.717, 1.165) is 60.6 Å². The number of nitrogens with one attached hydrogen (secondary N) is 3. The third-order valence-electron chi connectivity index (χ3n) is 13.4. The first-order chi connectivity index (χ1) is 30.3. The molecule has 0 unspecified atom stereocenters. The van der Waals surface area contributed by atoms with Crippen LogP contribution < -0.4 is 24.8 Å². The average molecular weight is 882 g/mol. The molecule has 0 radical (unpaired) electrons. The van der Waals surface area contributed by atoms with Gasteiger partial charge in [-0.1, -0.05) is 37.1 Å². The van der Waals surface area contributed by atoms with Gasteiger partial charge in [0.2, 0.25) is 27.7 Å². The summed E-state index contributed by atoms with van der Waals surface area (Å²) in [4.78, 5) is 63.3. The van der Waals surface area contributed by atoms with Crippen molar-refractivity contribution in [1.29, 1.82) is 0 Å². The van der Waals surface area contributed by atoms with Gasteiger partial charge in [0.05, 0.1) is 30.1 Å². The number of aryl methyl sites for hydroxylation is 1. The summed E-state index contributed by atoms with van der Waals surface area (Å²) >= 11 is 0. The van der Waals surface area contributed by atoms with Crippen LogP contribution in [0.5, 0.6) is 11.6 Å². The topological polar surface area (TPSA) is 200 Å². The lowest BCUT2D eigenvalue weighted by Gasteiger charge is -2.30. The molecular weight excluding hydrogens is 827 g/mol. The summed E-state index contributed by atoms with van der Waals surface area (Å²) in [6.07, 6.45) is 9.98. The number of carbonyl (C=O) groups is 4. The third kappa shape index (κ3) is 8.68. The monoisotopic (exact) mass is 881 g/mol. The molecule has 4 amide bonds. The Labute approximate surface area is 366 Å². The Morgan fingerprint density at radius 2 is 1.73 bits per heavy atom. The normalized spacial score (nSPS) is 26.2. The average Bonchev–Trinajstić information content (AvgIpc) is 4.07. The minimum Gasteiger partial charge on any atom is -0.496 e. The number of allylic oxidation sites excluding steroid dienone is 1. The second-order valence-electron chi connectivity index (χ2n) is 17.9. The van der Waals surface area contributed by atoms with E-state index in [9.17, 15) is 27.6 Å². The van der Waals surface area contributed by atoms with E-state index in [1.54, 1.807) is 17.7 Å². The van der Waals surface area contributed by atoms with E-state index in [1.807, 2.05) is 62.4 Å². The quantitative estimate of drug-likeness (QED) is 0.178. The predicted molar refractivity (Wildman–Crippen MR) is 233 cm³/mol. The fourth-order valence-corrected chi connectivity index (χ4v) is 10.7. The number of carbonyl (C=O) groups excluding carboxylic acids is 4. The maximum Gasteiger partial charge on any atom is 0.408 e. The van der Waals surface area contributed by atoms with Gasteiger partial charge in [-0.05, 0) is 113 Å². The molecule has 63 heavy (non-hydrogen) atoms. The lowest BCUT2D eigenvalue weighted by atomic mass is 10.0. The molecule has 3 N–H and O–H groups in total. The largest absolute Gasteiger partial charge is 0.496 e. The fraction of sp³-hybridized carbons (Fsp3) is 0.522. The van der Waals surface area contributed by atoms with Gasteiger partial charge < -0.3 is 29.7 Å². The maximum absolute atomic E-state index is 14.9. The number of aromatic nitrogens is 3. The van der Waals surface area contributed by atoms with Gasteiger partial charge >= 0.3 is 6.09 Å². The maximum atomic E-state index is 14.9. The van der Waals surface area contributed by atoms with E-state index >= 15 is 0 Å². The van der Waals surface area contributed by atoms with Crippen molar-refractivity contribution in [2.24, 2.45) is 5.92 Å². The first kappa shape index (κ1) is 42.6. The SMILES string of the molecule is COc1cc(-c2cc(O[C@@H]3C[C@H]4C(=O)N[C@]5(C(=O)NS(=O)(=O)C6CC6)C[C@@H]5/C=C\CCCCC[C@H](NC(=O)OC5CCCC5)C(=O)N4C3)n3nc4ccccc4c3n2)cc(C)c1C. The van der Waals surface area contributed by atoms with Gasteiger partial charge in [-0.15, -0.1) is 0 Å². The van der Waals surface area contributed by atoms with Crippen molar-refractivity contribution in [3.63, 3.8) is 0 Å². The molecule has 0 spiro atoms. The number of sulfonamides is 1. The molecule has 4 heterocycles. The number of amides is 4. The molecule has 5 atom stereocenters. The summed E-state index contributed by atoms with van der Waals surface area (Å²) in [7, 11) is -2.30. The Morgan fingerprint density at radius 1 is 0.952 bits per heavy atom. The van der Waals surface area contributed by atoms with Crippen LogP contribution in [0.3, 0.4) is 0 Å². The second-order valence-corrected chi connectivity index (χ2v) is 19.8. The lowest BCUT2D eigenvalue weighted by Crippen LogP contribution is -2.58. The van der Waals surface area contributed by atoms with Crippen molar-refractivity contribution in [1.82, 2.24) is 34.9 Å². The van der Waals surface area contributed by atoms with E-state index in [2.05, 4.69) is 15.4 Å². The fourth-order valence-electron chi connectivity index (χ4n) is 9.38. The molecule has 1 saturated heterocycles. The van der Waals surface area contributed by atoms with E-state index in [4.69, 9.17) is 24.3 Å². The number of methoxy groups -OCH3 is 1. The van der Waals surface area contributed by atoms with E-state index in [-0.39, 0.29) is 25.5 Å². The number of fused-ring (bicyclic) bond motifs is 5. The minimum absolute atomic E-state index is 0.0206. The Kier molecular flexibility index (Phi) is 11.6. The van der Waals surface area contributed by atoms with Crippen LogP contribution in [-0.4, -0.2) is 100 Å². The number of nitrogens with zero attached hydrogens (tertiary/aromatic N) is 4. The highest BCUT2D eigenvalue weighted by molar-refractivity contribution is 7.91. The Balaban J connectivity index is 1.07. The molecule has 9 rings (SSSR count). The highest BCUT2D eigenvalue weighted by atomic mass is 32.2. The zero-order valence-corrected chi connectivity index (χ0v) is 36.7. The molecule has 5 aliphatic rings. The van der Waals surface area contributed by atoms with Gasteiger partial charge in [0.15, 0.2) is 5.65 Å². The molecular formula is C46H55N7O9S. The van der Waals surface area contributed by atoms with Crippen LogP contribution in [-0.2, 0) is 29.1 Å². The van der Waals surface area contributed by atoms with Crippen LogP contribution in [0.25, 0.3) is 27.8 Å². The third-order valence-corrected chi connectivity index (χ3v) is 15.2. The zero-order chi connectivity index (χ0) is 44.0. The minimum atomic E-state index is -3.92. The molecule has 3 aliphatic carbocycles. The highest BCUT2D eigenvalue weighted by Crippen LogP contribution is 2.46. The Morgan fingerprint density at radius 3 is 2.51 bits per heavy atom. The van der Waals surface area contributed by atoms with E-state index < -0.39 is 68.7 Å². The van der Waals surface area contributed by atoms with Gasteiger partial charge in [-0.25, -0.2) is 18.2 Å².